The molecule has 8 heteroatoms. The Balaban J connectivity index is 1.29. The Bertz CT molecular complexity index is 1010. The Labute approximate surface area is 173 Å². The minimum atomic E-state index is -0.319. The summed E-state index contributed by atoms with van der Waals surface area (Å²) < 4.78 is 2.04. The number of hydrogen-bond donors (Lipinski definition) is 0. The van der Waals surface area contributed by atoms with E-state index in [4.69, 9.17) is 0 Å². The van der Waals surface area contributed by atoms with Crippen LogP contribution in [0.5, 0.6) is 0 Å². The van der Waals surface area contributed by atoms with Gasteiger partial charge in [-0.05, 0) is 30.5 Å². The first kappa shape index (κ1) is 19.6. The summed E-state index contributed by atoms with van der Waals surface area (Å²) in [6.45, 7) is 2.75. The highest BCUT2D eigenvalue weighted by molar-refractivity contribution is 7.99. The van der Waals surface area contributed by atoms with Gasteiger partial charge in [0, 0.05) is 43.6 Å². The first-order valence-corrected chi connectivity index (χ1v) is 10.7. The van der Waals surface area contributed by atoms with E-state index in [0.717, 1.165) is 60.3 Å². The molecule has 0 aliphatic carbocycles. The van der Waals surface area contributed by atoms with E-state index in [1.807, 2.05) is 48.0 Å². The highest BCUT2D eigenvalue weighted by atomic mass is 32.2. The molecule has 3 aromatic rings. The van der Waals surface area contributed by atoms with Crippen molar-refractivity contribution in [1.82, 2.24) is 19.7 Å². The number of nitro benzene ring substituents is 1. The molecule has 0 atom stereocenters. The molecule has 1 aromatic heterocycles. The monoisotopic (exact) mass is 409 g/mol. The maximum atomic E-state index is 11.0. The van der Waals surface area contributed by atoms with Gasteiger partial charge in [-0.2, -0.15) is 0 Å². The lowest BCUT2D eigenvalue weighted by molar-refractivity contribution is -0.385. The lowest BCUT2D eigenvalue weighted by Gasteiger charge is -2.28. The molecule has 2 heterocycles. The number of non-ortho nitro benzene ring substituents is 1. The van der Waals surface area contributed by atoms with E-state index < -0.39 is 0 Å². The normalized spacial score (nSPS) is 14.0. The number of fused-ring (bicyclic) bond motifs is 1. The summed E-state index contributed by atoms with van der Waals surface area (Å²) in [6.07, 6.45) is 1.98. The van der Waals surface area contributed by atoms with Crippen molar-refractivity contribution < 1.29 is 4.92 Å². The zero-order valence-corrected chi connectivity index (χ0v) is 17.1. The fraction of sp³-hybridized carbons (Fsp3) is 0.333. The summed E-state index contributed by atoms with van der Waals surface area (Å²) >= 11 is 1.72. The highest BCUT2D eigenvalue weighted by Crippen LogP contribution is 2.25. The van der Waals surface area contributed by atoms with Gasteiger partial charge in [-0.1, -0.05) is 48.2 Å². The maximum Gasteiger partial charge on any atom is 0.269 e. The molecule has 0 fully saturated rings. The topological polar surface area (TPSA) is 77.1 Å². The van der Waals surface area contributed by atoms with E-state index in [1.54, 1.807) is 23.9 Å². The van der Waals surface area contributed by atoms with Gasteiger partial charge in [-0.15, -0.1) is 10.2 Å². The van der Waals surface area contributed by atoms with Gasteiger partial charge >= 0.3 is 0 Å². The predicted octanol–water partition coefficient (Wildman–Crippen LogP) is 3.93. The van der Waals surface area contributed by atoms with E-state index in [9.17, 15) is 10.1 Å². The number of aromatic nitrogens is 3. The van der Waals surface area contributed by atoms with Crippen molar-refractivity contribution in [3.05, 3.63) is 69.8 Å². The average molecular weight is 410 g/mol. The predicted molar refractivity (Wildman–Crippen MR) is 114 cm³/mol. The second-order valence-corrected chi connectivity index (χ2v) is 8.23. The van der Waals surface area contributed by atoms with Crippen molar-refractivity contribution in [1.29, 1.82) is 0 Å². The molecule has 0 amide bonds. The Morgan fingerprint density at radius 3 is 2.76 bits per heavy atom. The molecule has 0 unspecified atom stereocenters. The van der Waals surface area contributed by atoms with E-state index >= 15 is 0 Å². The maximum absolute atomic E-state index is 11.0. The molecule has 29 heavy (non-hydrogen) atoms. The van der Waals surface area contributed by atoms with E-state index in [2.05, 4.69) is 15.1 Å². The van der Waals surface area contributed by atoms with Gasteiger partial charge in [0.1, 0.15) is 0 Å². The number of thioether (sulfide) groups is 1. The Morgan fingerprint density at radius 1 is 1.14 bits per heavy atom. The van der Waals surface area contributed by atoms with E-state index in [0.29, 0.717) is 0 Å². The second kappa shape index (κ2) is 8.75. The third-order valence-electron chi connectivity index (χ3n) is 5.21. The lowest BCUT2D eigenvalue weighted by atomic mass is 9.99. The lowest BCUT2D eigenvalue weighted by Crippen LogP contribution is -2.31. The van der Waals surface area contributed by atoms with Gasteiger partial charge in [0.15, 0.2) is 11.0 Å². The Kier molecular flexibility index (Phi) is 5.92. The van der Waals surface area contributed by atoms with Gasteiger partial charge in [0.25, 0.3) is 5.69 Å². The van der Waals surface area contributed by atoms with Crippen LogP contribution in [-0.2, 0) is 20.0 Å². The van der Waals surface area contributed by atoms with Crippen LogP contribution in [-0.4, -0.2) is 43.4 Å². The van der Waals surface area contributed by atoms with Crippen molar-refractivity contribution in [2.75, 3.05) is 18.8 Å². The van der Waals surface area contributed by atoms with Crippen LogP contribution in [0.2, 0.25) is 0 Å². The van der Waals surface area contributed by atoms with Gasteiger partial charge in [0.05, 0.1) is 4.92 Å². The third kappa shape index (κ3) is 4.49. The molecule has 0 saturated carbocycles. The zero-order chi connectivity index (χ0) is 20.2. The number of nitro groups is 1. The van der Waals surface area contributed by atoms with Gasteiger partial charge in [-0.3, -0.25) is 15.0 Å². The first-order chi connectivity index (χ1) is 14.1. The van der Waals surface area contributed by atoms with Crippen LogP contribution in [0.25, 0.3) is 11.4 Å². The number of nitrogens with zero attached hydrogens (tertiary/aromatic N) is 5. The second-order valence-electron chi connectivity index (χ2n) is 7.17. The highest BCUT2D eigenvalue weighted by Gasteiger charge is 2.19. The smallest absolute Gasteiger partial charge is 0.269 e. The average Bonchev–Trinajstić information content (AvgIpc) is 3.11. The van der Waals surface area contributed by atoms with Crippen molar-refractivity contribution in [3.63, 3.8) is 0 Å². The van der Waals surface area contributed by atoms with E-state index in [-0.39, 0.29) is 10.6 Å². The quantitative estimate of drug-likeness (QED) is 0.255. The molecule has 1 aliphatic rings. The SMILES string of the molecule is Cn1c(SCCCN2CCc3ccc([N+](=O)[O-])cc3C2)nnc1-c1ccccc1. The Hall–Kier alpha value is -2.71. The van der Waals surface area contributed by atoms with Crippen LogP contribution in [0.4, 0.5) is 5.69 Å². The molecule has 0 bridgehead atoms. The molecular weight excluding hydrogens is 386 g/mol. The third-order valence-corrected chi connectivity index (χ3v) is 6.32. The van der Waals surface area contributed by atoms with Crippen molar-refractivity contribution >= 4 is 17.4 Å². The van der Waals surface area contributed by atoms with Crippen LogP contribution < -0.4 is 0 Å². The van der Waals surface area contributed by atoms with Crippen LogP contribution in [0.15, 0.2) is 53.7 Å². The van der Waals surface area contributed by atoms with Crippen molar-refractivity contribution in [2.45, 2.75) is 24.5 Å². The minimum Gasteiger partial charge on any atom is -0.305 e. The standard InChI is InChI=1S/C21H23N5O2S/c1-24-20(17-6-3-2-4-7-17)22-23-21(24)29-13-5-11-25-12-10-16-8-9-19(26(27)28)14-18(16)15-25/h2-4,6-9,14H,5,10-13,15H2,1H3. The van der Waals surface area contributed by atoms with Crippen LogP contribution in [0, 0.1) is 10.1 Å². The van der Waals surface area contributed by atoms with Gasteiger partial charge < -0.3 is 4.57 Å². The summed E-state index contributed by atoms with van der Waals surface area (Å²) in [5.74, 6) is 1.83. The van der Waals surface area contributed by atoms with Crippen LogP contribution in [0.3, 0.4) is 0 Å². The molecule has 0 spiro atoms. The summed E-state index contributed by atoms with van der Waals surface area (Å²) in [4.78, 5) is 13.1. The molecule has 1 aliphatic heterocycles. The fourth-order valence-electron chi connectivity index (χ4n) is 3.64. The largest absolute Gasteiger partial charge is 0.305 e. The molecule has 2 aromatic carbocycles. The van der Waals surface area contributed by atoms with Gasteiger partial charge in [0.2, 0.25) is 0 Å². The van der Waals surface area contributed by atoms with Crippen molar-refractivity contribution in [2.24, 2.45) is 7.05 Å². The van der Waals surface area contributed by atoms with Gasteiger partial charge in [-0.25, -0.2) is 0 Å². The number of rotatable bonds is 7. The number of hydrogen-bond acceptors (Lipinski definition) is 6. The fourth-order valence-corrected chi connectivity index (χ4v) is 4.47. The summed E-state index contributed by atoms with van der Waals surface area (Å²) in [7, 11) is 2.00. The van der Waals surface area contributed by atoms with Crippen LogP contribution >= 0.6 is 11.8 Å². The summed E-state index contributed by atoms with van der Waals surface area (Å²) in [6, 6.07) is 15.3. The van der Waals surface area contributed by atoms with Crippen LogP contribution in [0.1, 0.15) is 17.5 Å². The van der Waals surface area contributed by atoms with Crippen molar-refractivity contribution in [3.8, 4) is 11.4 Å². The molecule has 0 N–H and O–H groups in total. The van der Waals surface area contributed by atoms with E-state index in [1.165, 1.54) is 5.56 Å². The molecule has 0 radical (unpaired) electrons. The molecule has 7 nitrogen and oxygen atoms in total. The number of benzene rings is 2. The molecule has 0 saturated heterocycles. The minimum absolute atomic E-state index is 0.178. The molecule has 150 valence electrons. The zero-order valence-electron chi connectivity index (χ0n) is 16.3. The summed E-state index contributed by atoms with van der Waals surface area (Å²) in [5, 5.41) is 20.6. The Morgan fingerprint density at radius 2 is 1.97 bits per heavy atom. The first-order valence-electron chi connectivity index (χ1n) is 9.68. The summed E-state index contributed by atoms with van der Waals surface area (Å²) in [5.41, 5.74) is 3.56. The molecular formula is C21H23N5O2S. The molecule has 4 rings (SSSR count).